The summed E-state index contributed by atoms with van der Waals surface area (Å²) in [6, 6.07) is 0. The van der Waals surface area contributed by atoms with E-state index in [2.05, 4.69) is 26.5 Å². The minimum atomic E-state index is -0.155. The summed E-state index contributed by atoms with van der Waals surface area (Å²) in [6.07, 6.45) is 5.01. The zero-order valence-electron chi connectivity index (χ0n) is 7.41. The summed E-state index contributed by atoms with van der Waals surface area (Å²) in [6.45, 7) is 3.56. The van der Waals surface area contributed by atoms with Crippen LogP contribution < -0.4 is 5.43 Å². The van der Waals surface area contributed by atoms with Gasteiger partial charge in [0.25, 0.3) is 5.91 Å². The molecule has 1 amide bonds. The van der Waals surface area contributed by atoms with E-state index in [1.807, 2.05) is 6.92 Å². The van der Waals surface area contributed by atoms with Gasteiger partial charge in [-0.05, 0) is 29.8 Å². The molecule has 5 heteroatoms. The van der Waals surface area contributed by atoms with Gasteiger partial charge in [0.05, 0.1) is 16.9 Å². The maximum atomic E-state index is 11.3. The Morgan fingerprint density at radius 3 is 2.92 bits per heavy atom. The molecule has 0 radical (unpaired) electrons. The van der Waals surface area contributed by atoms with Gasteiger partial charge in [0.15, 0.2) is 0 Å². The Labute approximate surface area is 84.7 Å². The molecule has 13 heavy (non-hydrogen) atoms. The van der Waals surface area contributed by atoms with E-state index in [-0.39, 0.29) is 5.91 Å². The van der Waals surface area contributed by atoms with Crippen molar-refractivity contribution >= 4 is 21.8 Å². The van der Waals surface area contributed by atoms with Crippen LogP contribution in [0.25, 0.3) is 0 Å². The third-order valence-electron chi connectivity index (χ3n) is 1.56. The van der Waals surface area contributed by atoms with Crippen molar-refractivity contribution in [2.24, 2.45) is 0 Å². The van der Waals surface area contributed by atoms with Gasteiger partial charge in [-0.2, -0.15) is 9.89 Å². The van der Waals surface area contributed by atoms with Crippen molar-refractivity contribution in [2.75, 3.05) is 5.43 Å². The van der Waals surface area contributed by atoms with Crippen LogP contribution in [0.15, 0.2) is 28.5 Å². The Balaban J connectivity index is 2.65. The van der Waals surface area contributed by atoms with Gasteiger partial charge in [-0.25, -0.2) is 5.43 Å². The van der Waals surface area contributed by atoms with E-state index in [0.29, 0.717) is 5.57 Å². The number of nitrogens with zero attached hydrogens (tertiary/aromatic N) is 2. The number of carbonyl (C=O) groups is 1. The molecule has 1 rings (SSSR count). The molecule has 4 nitrogen and oxygen atoms in total. The zero-order chi connectivity index (χ0) is 9.84. The number of nitrogens with one attached hydrogen (secondary N) is 1. The van der Waals surface area contributed by atoms with Gasteiger partial charge in [-0.1, -0.05) is 6.08 Å². The number of hydrogen-bond acceptors (Lipinski definition) is 2. The Bertz CT molecular complexity index is 343. The van der Waals surface area contributed by atoms with Crippen LogP contribution in [0.4, 0.5) is 0 Å². The van der Waals surface area contributed by atoms with Crippen LogP contribution >= 0.6 is 15.9 Å². The summed E-state index contributed by atoms with van der Waals surface area (Å²) in [4.78, 5) is 12.7. The lowest BCUT2D eigenvalue weighted by Crippen LogP contribution is -2.23. The van der Waals surface area contributed by atoms with Gasteiger partial charge >= 0.3 is 0 Å². The Morgan fingerprint density at radius 2 is 2.46 bits per heavy atom. The molecule has 0 unspecified atom stereocenters. The molecule has 1 N–H and O–H groups in total. The standard InChI is InChI=1S/C8H10BrN3O/c1-3-6(2)8(13)11-12-5-7(9)4-10-12/h3-5H,1-2H3,(H,11,13)/b6-3-. The number of carbonyl (C=O) groups excluding carboxylic acids is 1. The van der Waals surface area contributed by atoms with Crippen molar-refractivity contribution in [3.05, 3.63) is 28.5 Å². The van der Waals surface area contributed by atoms with Crippen molar-refractivity contribution in [3.8, 4) is 0 Å². The van der Waals surface area contributed by atoms with Crippen LogP contribution in [-0.2, 0) is 4.79 Å². The molecule has 1 aromatic heterocycles. The molecule has 0 saturated heterocycles. The van der Waals surface area contributed by atoms with Gasteiger partial charge in [-0.15, -0.1) is 0 Å². The first-order valence-electron chi connectivity index (χ1n) is 3.78. The molecule has 0 aliphatic carbocycles. The third kappa shape index (κ3) is 2.69. The molecule has 70 valence electrons. The topological polar surface area (TPSA) is 46.9 Å². The maximum absolute atomic E-state index is 11.3. The van der Waals surface area contributed by atoms with Gasteiger partial charge in [-0.3, -0.25) is 4.79 Å². The van der Waals surface area contributed by atoms with Crippen molar-refractivity contribution in [3.63, 3.8) is 0 Å². The second-order valence-electron chi connectivity index (χ2n) is 2.52. The molecule has 1 aromatic rings. The number of rotatable bonds is 2. The number of aromatic nitrogens is 2. The summed E-state index contributed by atoms with van der Waals surface area (Å²) >= 11 is 3.23. The maximum Gasteiger partial charge on any atom is 0.266 e. The number of halogens is 1. The van der Waals surface area contributed by atoms with Crippen LogP contribution in [0.2, 0.25) is 0 Å². The monoisotopic (exact) mass is 243 g/mol. The van der Waals surface area contributed by atoms with Crippen LogP contribution in [-0.4, -0.2) is 15.8 Å². The highest BCUT2D eigenvalue weighted by molar-refractivity contribution is 9.10. The highest BCUT2D eigenvalue weighted by atomic mass is 79.9. The van der Waals surface area contributed by atoms with Gasteiger partial charge in [0.2, 0.25) is 0 Å². The SMILES string of the molecule is C/C=C(/C)C(=O)Nn1cc(Br)cn1. The van der Waals surface area contributed by atoms with Crippen molar-refractivity contribution < 1.29 is 4.79 Å². The average molecular weight is 244 g/mol. The number of amides is 1. The van der Waals surface area contributed by atoms with Crippen molar-refractivity contribution in [2.45, 2.75) is 13.8 Å². The van der Waals surface area contributed by atoms with Crippen LogP contribution in [0, 0.1) is 0 Å². The third-order valence-corrected chi connectivity index (χ3v) is 1.97. The van der Waals surface area contributed by atoms with E-state index in [1.165, 1.54) is 4.79 Å². The average Bonchev–Trinajstić information content (AvgIpc) is 2.49. The summed E-state index contributed by atoms with van der Waals surface area (Å²) in [5.74, 6) is -0.155. The molecular weight excluding hydrogens is 234 g/mol. The van der Waals surface area contributed by atoms with Crippen LogP contribution in [0.3, 0.4) is 0 Å². The lowest BCUT2D eigenvalue weighted by atomic mass is 10.3. The van der Waals surface area contributed by atoms with Gasteiger partial charge in [0.1, 0.15) is 0 Å². The smallest absolute Gasteiger partial charge is 0.266 e. The first-order chi connectivity index (χ1) is 6.13. The summed E-state index contributed by atoms with van der Waals surface area (Å²) in [7, 11) is 0. The largest absolute Gasteiger partial charge is 0.268 e. The van der Waals surface area contributed by atoms with Gasteiger partial charge in [0, 0.05) is 5.57 Å². The first-order valence-corrected chi connectivity index (χ1v) is 4.57. The number of hydrogen-bond donors (Lipinski definition) is 1. The Kier molecular flexibility index (Phi) is 3.25. The lowest BCUT2D eigenvalue weighted by Gasteiger charge is -2.03. The molecule has 0 aliphatic rings. The van der Waals surface area contributed by atoms with Crippen molar-refractivity contribution in [1.82, 2.24) is 9.89 Å². The van der Waals surface area contributed by atoms with E-state index in [4.69, 9.17) is 0 Å². The summed E-state index contributed by atoms with van der Waals surface area (Å²) in [5.41, 5.74) is 3.24. The Morgan fingerprint density at radius 1 is 1.77 bits per heavy atom. The highest BCUT2D eigenvalue weighted by Crippen LogP contribution is 2.05. The second kappa shape index (κ2) is 4.23. The second-order valence-corrected chi connectivity index (χ2v) is 3.43. The quantitative estimate of drug-likeness (QED) is 0.804. The first kappa shape index (κ1) is 9.98. The van der Waals surface area contributed by atoms with Gasteiger partial charge < -0.3 is 0 Å². The lowest BCUT2D eigenvalue weighted by molar-refractivity contribution is -0.113. The Hall–Kier alpha value is -1.10. The van der Waals surface area contributed by atoms with Crippen LogP contribution in [0.5, 0.6) is 0 Å². The number of allylic oxidation sites excluding steroid dienone is 1. The summed E-state index contributed by atoms with van der Waals surface area (Å²) in [5, 5.41) is 3.88. The molecule has 0 fully saturated rings. The minimum absolute atomic E-state index is 0.155. The molecule has 0 saturated carbocycles. The molecular formula is C8H10BrN3O. The van der Waals surface area contributed by atoms with E-state index in [1.54, 1.807) is 25.4 Å². The molecule has 1 heterocycles. The fourth-order valence-electron chi connectivity index (χ4n) is 0.685. The van der Waals surface area contributed by atoms with E-state index in [9.17, 15) is 4.79 Å². The molecule has 0 bridgehead atoms. The fraction of sp³-hybridized carbons (Fsp3) is 0.250. The molecule has 0 aliphatic heterocycles. The molecule has 0 spiro atoms. The minimum Gasteiger partial charge on any atom is -0.268 e. The molecule has 0 aromatic carbocycles. The normalized spacial score (nSPS) is 11.5. The predicted molar refractivity (Wildman–Crippen MR) is 53.7 cm³/mol. The van der Waals surface area contributed by atoms with Crippen molar-refractivity contribution in [1.29, 1.82) is 0 Å². The van der Waals surface area contributed by atoms with Crippen LogP contribution in [0.1, 0.15) is 13.8 Å². The van der Waals surface area contributed by atoms with E-state index in [0.717, 1.165) is 4.47 Å². The highest BCUT2D eigenvalue weighted by Gasteiger charge is 2.03. The summed E-state index contributed by atoms with van der Waals surface area (Å²) < 4.78 is 0.825. The predicted octanol–water partition coefficient (Wildman–Crippen LogP) is 1.68. The van der Waals surface area contributed by atoms with E-state index >= 15 is 0 Å². The van der Waals surface area contributed by atoms with E-state index < -0.39 is 0 Å². The zero-order valence-corrected chi connectivity index (χ0v) is 9.00. The fourth-order valence-corrected chi connectivity index (χ4v) is 0.971. The molecule has 0 atom stereocenters.